The Kier molecular flexibility index (Phi) is 4.62. The number of hydrogen-bond donors (Lipinski definition) is 2. The first-order chi connectivity index (χ1) is 10.9. The molecule has 1 saturated heterocycles. The Hall–Kier alpha value is -1.18. The monoisotopic (exact) mass is 352 g/mol. The molecule has 124 valence electrons. The van der Waals surface area contributed by atoms with Crippen LogP contribution >= 0.6 is 23.5 Å². The van der Waals surface area contributed by atoms with Crippen LogP contribution in [0.2, 0.25) is 0 Å². The van der Waals surface area contributed by atoms with Crippen molar-refractivity contribution in [3.05, 3.63) is 29.8 Å². The van der Waals surface area contributed by atoms with Gasteiger partial charge in [-0.2, -0.15) is 0 Å². The highest BCUT2D eigenvalue weighted by molar-refractivity contribution is 8.14. The highest BCUT2D eigenvalue weighted by atomic mass is 32.2. The van der Waals surface area contributed by atoms with Crippen LogP contribution in [-0.2, 0) is 4.79 Å². The molecular weight excluding hydrogens is 332 g/mol. The van der Waals surface area contributed by atoms with E-state index in [2.05, 4.69) is 0 Å². The zero-order valence-electron chi connectivity index (χ0n) is 13.1. The Balaban J connectivity index is 1.86. The van der Waals surface area contributed by atoms with Crippen molar-refractivity contribution in [2.45, 2.75) is 30.3 Å². The first kappa shape index (κ1) is 16.7. The Morgan fingerprint density at radius 1 is 1.43 bits per heavy atom. The third kappa shape index (κ3) is 2.97. The molecule has 2 N–H and O–H groups in total. The summed E-state index contributed by atoms with van der Waals surface area (Å²) in [6.07, 6.45) is 0.916. The van der Waals surface area contributed by atoms with Crippen molar-refractivity contribution in [1.82, 2.24) is 4.90 Å². The van der Waals surface area contributed by atoms with Crippen molar-refractivity contribution in [1.29, 1.82) is 0 Å². The minimum Gasteiger partial charge on any atom is -0.507 e. The van der Waals surface area contributed by atoms with Crippen molar-refractivity contribution in [2.24, 2.45) is 4.99 Å². The summed E-state index contributed by atoms with van der Waals surface area (Å²) in [5, 5.41) is 20.4. The third-order valence-electron chi connectivity index (χ3n) is 4.56. The highest BCUT2D eigenvalue weighted by Gasteiger charge is 2.49. The van der Waals surface area contributed by atoms with Crippen LogP contribution in [0.3, 0.4) is 0 Å². The first-order valence-corrected chi connectivity index (χ1v) is 9.54. The van der Waals surface area contributed by atoms with E-state index >= 15 is 0 Å². The maximum Gasteiger partial charge on any atom is 0.324 e. The van der Waals surface area contributed by atoms with Crippen LogP contribution in [0.15, 0.2) is 29.3 Å². The smallest absolute Gasteiger partial charge is 0.324 e. The van der Waals surface area contributed by atoms with Crippen LogP contribution in [0.25, 0.3) is 0 Å². The molecule has 3 atom stereocenters. The lowest BCUT2D eigenvalue weighted by Gasteiger charge is -2.34. The number of benzene rings is 1. The molecule has 0 radical (unpaired) electrons. The number of phenolic OH excluding ortho intramolecular Hbond substituents is 1. The quantitative estimate of drug-likeness (QED) is 0.871. The van der Waals surface area contributed by atoms with Crippen LogP contribution in [0.4, 0.5) is 0 Å². The summed E-state index contributed by atoms with van der Waals surface area (Å²) in [6, 6.07) is 7.27. The zero-order chi connectivity index (χ0) is 16.6. The standard InChI is InChI=1S/C16H20N2O3S2/c1-16(15(20)21)9-23-14(18(16)2)11-7-8-22-13(17-11)10-5-3-4-6-12(10)19/h3-6,11,14,19H,7-9H2,1-2H3,(H,20,21)/t11?,14-,16-/m1/s1. The average molecular weight is 352 g/mol. The molecule has 0 aromatic heterocycles. The van der Waals surface area contributed by atoms with Crippen molar-refractivity contribution >= 4 is 34.5 Å². The number of carboxylic acid groups (broad SMARTS) is 1. The topological polar surface area (TPSA) is 73.1 Å². The minimum atomic E-state index is -0.843. The second kappa shape index (κ2) is 6.37. The van der Waals surface area contributed by atoms with Crippen molar-refractivity contribution < 1.29 is 15.0 Å². The number of aromatic hydroxyl groups is 1. The Labute approximate surface area is 144 Å². The molecule has 0 aliphatic carbocycles. The lowest BCUT2D eigenvalue weighted by Crippen LogP contribution is -2.52. The van der Waals surface area contributed by atoms with Crippen molar-refractivity contribution in [2.75, 3.05) is 18.6 Å². The van der Waals surface area contributed by atoms with Crippen LogP contribution in [-0.4, -0.2) is 61.6 Å². The van der Waals surface area contributed by atoms with Gasteiger partial charge in [0.05, 0.1) is 11.4 Å². The maximum absolute atomic E-state index is 11.6. The van der Waals surface area contributed by atoms with Crippen LogP contribution in [0.1, 0.15) is 18.9 Å². The number of aliphatic imine (C=N–C) groups is 1. The molecule has 2 aliphatic rings. The molecule has 1 fully saturated rings. The molecule has 2 heterocycles. The highest BCUT2D eigenvalue weighted by Crippen LogP contribution is 2.41. The van der Waals surface area contributed by atoms with Gasteiger partial charge >= 0.3 is 5.97 Å². The summed E-state index contributed by atoms with van der Waals surface area (Å²) in [4.78, 5) is 18.3. The van der Waals surface area contributed by atoms with E-state index in [4.69, 9.17) is 4.99 Å². The summed E-state index contributed by atoms with van der Waals surface area (Å²) in [6.45, 7) is 1.77. The number of carboxylic acids is 1. The van der Waals surface area contributed by atoms with Crippen LogP contribution in [0.5, 0.6) is 5.75 Å². The fourth-order valence-corrected chi connectivity index (χ4v) is 5.65. The average Bonchev–Trinajstić information content (AvgIpc) is 2.85. The minimum absolute atomic E-state index is 0.0435. The normalized spacial score (nSPS) is 31.8. The number of aliphatic carboxylic acids is 1. The van der Waals surface area contributed by atoms with Gasteiger partial charge in [-0.1, -0.05) is 12.1 Å². The molecule has 1 aromatic carbocycles. The molecule has 0 amide bonds. The summed E-state index contributed by atoms with van der Waals surface area (Å²) in [5.74, 6) is 0.938. The van der Waals surface area contributed by atoms with Gasteiger partial charge < -0.3 is 10.2 Å². The third-order valence-corrected chi connectivity index (χ3v) is 7.29. The summed E-state index contributed by atoms with van der Waals surface area (Å²) in [5.41, 5.74) is -0.0846. The molecule has 2 aliphatic heterocycles. The van der Waals surface area contributed by atoms with Gasteiger partial charge in [-0.3, -0.25) is 14.7 Å². The molecule has 7 heteroatoms. The van der Waals surface area contributed by atoms with Gasteiger partial charge in [0.2, 0.25) is 0 Å². The number of rotatable bonds is 3. The fourth-order valence-electron chi connectivity index (χ4n) is 2.86. The lowest BCUT2D eigenvalue weighted by atomic mass is 10.0. The molecule has 3 rings (SSSR count). The van der Waals surface area contributed by atoms with E-state index < -0.39 is 11.5 Å². The lowest BCUT2D eigenvalue weighted by molar-refractivity contribution is -0.147. The van der Waals surface area contributed by atoms with Gasteiger partial charge in [0, 0.05) is 17.1 Å². The van der Waals surface area contributed by atoms with Gasteiger partial charge in [0.15, 0.2) is 0 Å². The van der Waals surface area contributed by atoms with E-state index in [0.29, 0.717) is 5.75 Å². The number of thioether (sulfide) groups is 2. The number of likely N-dealkylation sites (N-methyl/N-ethyl adjacent to an activating group) is 1. The summed E-state index contributed by atoms with van der Waals surface area (Å²) < 4.78 is 0. The van der Waals surface area contributed by atoms with E-state index in [1.807, 2.05) is 24.1 Å². The predicted molar refractivity (Wildman–Crippen MR) is 95.6 cm³/mol. The van der Waals surface area contributed by atoms with E-state index in [1.165, 1.54) is 0 Å². The van der Waals surface area contributed by atoms with Gasteiger partial charge in [0.1, 0.15) is 16.3 Å². The summed E-state index contributed by atoms with van der Waals surface area (Å²) >= 11 is 3.31. The Morgan fingerprint density at radius 2 is 2.17 bits per heavy atom. The van der Waals surface area contributed by atoms with Crippen molar-refractivity contribution in [3.8, 4) is 5.75 Å². The predicted octanol–water partition coefficient (Wildman–Crippen LogP) is 2.49. The molecule has 0 bridgehead atoms. The second-order valence-electron chi connectivity index (χ2n) is 6.05. The molecule has 1 unspecified atom stereocenters. The SMILES string of the molecule is CN1[C@@H](C2CCSC(c3ccccc3O)=N2)SC[C@]1(C)C(=O)O. The number of para-hydroxylation sites is 1. The van der Waals surface area contributed by atoms with E-state index in [0.717, 1.165) is 22.8 Å². The summed E-state index contributed by atoms with van der Waals surface area (Å²) in [7, 11) is 1.87. The second-order valence-corrected chi connectivity index (χ2v) is 8.24. The Morgan fingerprint density at radius 3 is 2.83 bits per heavy atom. The molecular formula is C16H20N2O3S2. The van der Waals surface area contributed by atoms with E-state index in [-0.39, 0.29) is 17.2 Å². The Bertz CT molecular complexity index is 652. The zero-order valence-corrected chi connectivity index (χ0v) is 14.7. The van der Waals surface area contributed by atoms with Crippen molar-refractivity contribution in [3.63, 3.8) is 0 Å². The van der Waals surface area contributed by atoms with Gasteiger partial charge in [-0.15, -0.1) is 23.5 Å². The maximum atomic E-state index is 11.6. The van der Waals surface area contributed by atoms with Gasteiger partial charge in [0.25, 0.3) is 0 Å². The molecule has 1 aromatic rings. The van der Waals surface area contributed by atoms with E-state index in [9.17, 15) is 15.0 Å². The molecule has 23 heavy (non-hydrogen) atoms. The van der Waals surface area contributed by atoms with E-state index in [1.54, 1.807) is 42.6 Å². The largest absolute Gasteiger partial charge is 0.507 e. The van der Waals surface area contributed by atoms with Gasteiger partial charge in [-0.05, 0) is 32.5 Å². The number of phenols is 1. The first-order valence-electron chi connectivity index (χ1n) is 7.50. The van der Waals surface area contributed by atoms with Crippen LogP contribution in [0, 0.1) is 0 Å². The van der Waals surface area contributed by atoms with Gasteiger partial charge in [-0.25, -0.2) is 0 Å². The molecule has 0 saturated carbocycles. The number of carbonyl (C=O) groups is 1. The number of nitrogens with zero attached hydrogens (tertiary/aromatic N) is 2. The number of hydrogen-bond acceptors (Lipinski definition) is 6. The fraction of sp³-hybridized carbons (Fsp3) is 0.500. The molecule has 5 nitrogen and oxygen atoms in total. The van der Waals surface area contributed by atoms with Crippen LogP contribution < -0.4 is 0 Å². The molecule has 0 spiro atoms.